The summed E-state index contributed by atoms with van der Waals surface area (Å²) in [5.41, 5.74) is 1.95. The van der Waals surface area contributed by atoms with Crippen LogP contribution < -0.4 is 10.1 Å². The van der Waals surface area contributed by atoms with E-state index in [4.69, 9.17) is 4.74 Å². The number of likely N-dealkylation sites (tertiary alicyclic amines) is 1. The second-order valence-electron chi connectivity index (χ2n) is 6.35. The minimum atomic E-state index is -0.202. The highest BCUT2D eigenvalue weighted by molar-refractivity contribution is 6.01. The van der Waals surface area contributed by atoms with Crippen LogP contribution in [-0.2, 0) is 7.05 Å². The van der Waals surface area contributed by atoms with Gasteiger partial charge in [0.25, 0.3) is 11.8 Å². The van der Waals surface area contributed by atoms with Gasteiger partial charge in [0.1, 0.15) is 12.4 Å². The highest BCUT2D eigenvalue weighted by Gasteiger charge is 2.32. The SMILES string of the molecule is Cn1nccc1C1CCCN1C(=O)c1ccc2c(c1)C(=O)NCCO2. The number of nitrogens with one attached hydrogen (secondary N) is 1. The molecule has 2 aromatic rings. The number of aryl methyl sites for hydroxylation is 1. The number of hydrogen-bond donors (Lipinski definition) is 1. The van der Waals surface area contributed by atoms with Crippen molar-refractivity contribution in [3.05, 3.63) is 47.3 Å². The van der Waals surface area contributed by atoms with Crippen molar-refractivity contribution in [1.29, 1.82) is 0 Å². The standard InChI is InChI=1S/C18H20N4O3/c1-21-14(6-7-20-21)15-3-2-9-22(15)18(24)12-4-5-16-13(11-12)17(23)19-8-10-25-16/h4-7,11,15H,2-3,8-10H2,1H3,(H,19,23). The maximum atomic E-state index is 13.1. The van der Waals surface area contributed by atoms with E-state index in [1.54, 1.807) is 24.4 Å². The third-order valence-electron chi connectivity index (χ3n) is 4.83. The van der Waals surface area contributed by atoms with Crippen molar-refractivity contribution in [1.82, 2.24) is 20.0 Å². The van der Waals surface area contributed by atoms with E-state index in [-0.39, 0.29) is 17.9 Å². The van der Waals surface area contributed by atoms with Crippen LogP contribution in [0, 0.1) is 0 Å². The summed E-state index contributed by atoms with van der Waals surface area (Å²) >= 11 is 0. The largest absolute Gasteiger partial charge is 0.491 e. The fraction of sp³-hybridized carbons (Fsp3) is 0.389. The Labute approximate surface area is 145 Å². The monoisotopic (exact) mass is 340 g/mol. The number of amides is 2. The van der Waals surface area contributed by atoms with Gasteiger partial charge in [0.2, 0.25) is 0 Å². The lowest BCUT2D eigenvalue weighted by atomic mass is 10.1. The molecule has 2 aliphatic heterocycles. The molecule has 0 spiro atoms. The summed E-state index contributed by atoms with van der Waals surface area (Å²) in [7, 11) is 1.89. The van der Waals surface area contributed by atoms with E-state index in [1.165, 1.54) is 0 Å². The summed E-state index contributed by atoms with van der Waals surface area (Å²) in [6, 6.07) is 7.05. The number of aromatic nitrogens is 2. The van der Waals surface area contributed by atoms with Crippen molar-refractivity contribution in [2.75, 3.05) is 19.7 Å². The molecule has 7 heteroatoms. The Balaban J connectivity index is 1.64. The molecular weight excluding hydrogens is 320 g/mol. The second-order valence-corrected chi connectivity index (χ2v) is 6.35. The molecule has 1 atom stereocenters. The minimum absolute atomic E-state index is 0.0175. The molecule has 1 unspecified atom stereocenters. The molecule has 0 radical (unpaired) electrons. The fourth-order valence-corrected chi connectivity index (χ4v) is 3.58. The Morgan fingerprint density at radius 2 is 2.24 bits per heavy atom. The lowest BCUT2D eigenvalue weighted by Gasteiger charge is -2.25. The first-order chi connectivity index (χ1) is 12.1. The van der Waals surface area contributed by atoms with Gasteiger partial charge in [-0.3, -0.25) is 14.3 Å². The zero-order valence-electron chi connectivity index (χ0n) is 14.1. The molecule has 2 amide bonds. The van der Waals surface area contributed by atoms with Crippen LogP contribution in [0.15, 0.2) is 30.5 Å². The fourth-order valence-electron chi connectivity index (χ4n) is 3.58. The van der Waals surface area contributed by atoms with Crippen molar-refractivity contribution in [3.8, 4) is 5.75 Å². The molecule has 25 heavy (non-hydrogen) atoms. The first kappa shape index (κ1) is 15.7. The summed E-state index contributed by atoms with van der Waals surface area (Å²) in [4.78, 5) is 27.1. The van der Waals surface area contributed by atoms with E-state index >= 15 is 0 Å². The van der Waals surface area contributed by atoms with Crippen molar-refractivity contribution in [3.63, 3.8) is 0 Å². The van der Waals surface area contributed by atoms with E-state index < -0.39 is 0 Å². The Bertz CT molecular complexity index is 829. The third kappa shape index (κ3) is 2.75. The number of ether oxygens (including phenoxy) is 1. The number of rotatable bonds is 2. The lowest BCUT2D eigenvalue weighted by molar-refractivity contribution is 0.0730. The average Bonchev–Trinajstić information content (AvgIpc) is 3.22. The van der Waals surface area contributed by atoms with Crippen LogP contribution >= 0.6 is 0 Å². The predicted molar refractivity (Wildman–Crippen MR) is 90.5 cm³/mol. The first-order valence-corrected chi connectivity index (χ1v) is 8.49. The maximum absolute atomic E-state index is 13.1. The molecular formula is C18H20N4O3. The molecule has 0 aliphatic carbocycles. The Morgan fingerprint density at radius 3 is 3.04 bits per heavy atom. The van der Waals surface area contributed by atoms with Crippen LogP contribution in [0.3, 0.4) is 0 Å². The second kappa shape index (κ2) is 6.23. The van der Waals surface area contributed by atoms with Gasteiger partial charge in [0.15, 0.2) is 0 Å². The van der Waals surface area contributed by atoms with Gasteiger partial charge in [-0.25, -0.2) is 0 Å². The Kier molecular flexibility index (Phi) is 3.91. The van der Waals surface area contributed by atoms with E-state index in [0.717, 1.165) is 18.5 Å². The molecule has 1 saturated heterocycles. The molecule has 3 heterocycles. The summed E-state index contributed by atoms with van der Waals surface area (Å²) in [5, 5.41) is 6.99. The van der Waals surface area contributed by atoms with Crippen LogP contribution in [-0.4, -0.2) is 46.2 Å². The molecule has 1 N–H and O–H groups in total. The molecule has 1 fully saturated rings. The number of benzene rings is 1. The van der Waals surface area contributed by atoms with Crippen LogP contribution in [0.4, 0.5) is 0 Å². The van der Waals surface area contributed by atoms with Crippen molar-refractivity contribution >= 4 is 11.8 Å². The topological polar surface area (TPSA) is 76.5 Å². The molecule has 4 rings (SSSR count). The Hall–Kier alpha value is -2.83. The van der Waals surface area contributed by atoms with Gasteiger partial charge in [0.05, 0.1) is 23.8 Å². The van der Waals surface area contributed by atoms with Crippen molar-refractivity contribution < 1.29 is 14.3 Å². The van der Waals surface area contributed by atoms with E-state index in [9.17, 15) is 9.59 Å². The highest BCUT2D eigenvalue weighted by Crippen LogP contribution is 2.33. The smallest absolute Gasteiger partial charge is 0.255 e. The number of carbonyl (C=O) groups excluding carboxylic acids is 2. The zero-order chi connectivity index (χ0) is 17.4. The molecule has 0 saturated carbocycles. The number of nitrogens with zero attached hydrogens (tertiary/aromatic N) is 3. The van der Waals surface area contributed by atoms with Crippen LogP contribution in [0.2, 0.25) is 0 Å². The van der Waals surface area contributed by atoms with Crippen LogP contribution in [0.1, 0.15) is 45.3 Å². The molecule has 1 aromatic heterocycles. The average molecular weight is 340 g/mol. The lowest BCUT2D eigenvalue weighted by Crippen LogP contribution is -2.32. The summed E-state index contributed by atoms with van der Waals surface area (Å²) < 4.78 is 7.37. The van der Waals surface area contributed by atoms with Crippen LogP contribution in [0.5, 0.6) is 5.75 Å². The van der Waals surface area contributed by atoms with E-state index in [2.05, 4.69) is 10.4 Å². The highest BCUT2D eigenvalue weighted by atomic mass is 16.5. The number of fused-ring (bicyclic) bond motifs is 1. The quantitative estimate of drug-likeness (QED) is 0.899. The van der Waals surface area contributed by atoms with Crippen molar-refractivity contribution in [2.24, 2.45) is 7.05 Å². The third-order valence-corrected chi connectivity index (χ3v) is 4.83. The van der Waals surface area contributed by atoms with Gasteiger partial charge in [-0.1, -0.05) is 0 Å². The number of carbonyl (C=O) groups is 2. The molecule has 130 valence electrons. The molecule has 7 nitrogen and oxygen atoms in total. The van der Waals surface area contributed by atoms with E-state index in [0.29, 0.717) is 36.6 Å². The van der Waals surface area contributed by atoms with Crippen molar-refractivity contribution in [2.45, 2.75) is 18.9 Å². The summed E-state index contributed by atoms with van der Waals surface area (Å²) in [5.74, 6) is 0.256. The van der Waals surface area contributed by atoms with Gasteiger partial charge in [-0.05, 0) is 37.1 Å². The van der Waals surface area contributed by atoms with Gasteiger partial charge in [-0.15, -0.1) is 0 Å². The predicted octanol–water partition coefficient (Wildman–Crippen LogP) is 1.52. The van der Waals surface area contributed by atoms with Gasteiger partial charge >= 0.3 is 0 Å². The van der Waals surface area contributed by atoms with Gasteiger partial charge in [0, 0.05) is 25.4 Å². The molecule has 1 aromatic carbocycles. The van der Waals surface area contributed by atoms with E-state index in [1.807, 2.05) is 22.7 Å². The minimum Gasteiger partial charge on any atom is -0.491 e. The first-order valence-electron chi connectivity index (χ1n) is 8.49. The Morgan fingerprint density at radius 1 is 1.36 bits per heavy atom. The molecule has 2 aliphatic rings. The summed E-state index contributed by atoms with van der Waals surface area (Å²) in [6.07, 6.45) is 3.62. The maximum Gasteiger partial charge on any atom is 0.255 e. The van der Waals surface area contributed by atoms with Gasteiger partial charge < -0.3 is 15.0 Å². The summed E-state index contributed by atoms with van der Waals surface area (Å²) in [6.45, 7) is 1.60. The van der Waals surface area contributed by atoms with Crippen LogP contribution in [0.25, 0.3) is 0 Å². The van der Waals surface area contributed by atoms with Gasteiger partial charge in [-0.2, -0.15) is 5.10 Å². The normalized spacial score (nSPS) is 19.8. The number of hydrogen-bond acceptors (Lipinski definition) is 4. The zero-order valence-corrected chi connectivity index (χ0v) is 14.1. The molecule has 0 bridgehead atoms.